The molecule has 162 valence electrons. The second-order valence-electron chi connectivity index (χ2n) is 8.23. The molecule has 2 aromatic rings. The topological polar surface area (TPSA) is 94.0 Å². The summed E-state index contributed by atoms with van der Waals surface area (Å²) in [5.41, 5.74) is 6.80. The van der Waals surface area contributed by atoms with Gasteiger partial charge in [0.1, 0.15) is 11.4 Å². The van der Waals surface area contributed by atoms with Crippen LogP contribution in [0, 0.1) is 10.1 Å². The number of nitrogen functional groups attached to an aromatic ring is 1. The molecule has 0 radical (unpaired) electrons. The van der Waals surface area contributed by atoms with Crippen molar-refractivity contribution >= 4 is 33.0 Å². The second-order valence-corrected chi connectivity index (χ2v) is 9.14. The second kappa shape index (κ2) is 6.88. The number of nitro groups is 1. The fourth-order valence-corrected chi connectivity index (χ4v) is 4.98. The van der Waals surface area contributed by atoms with Gasteiger partial charge in [0.05, 0.1) is 16.7 Å². The summed E-state index contributed by atoms with van der Waals surface area (Å²) in [5.74, 6) is -2.06. The maximum Gasteiger partial charge on any atom is 0.292 e. The van der Waals surface area contributed by atoms with Crippen molar-refractivity contribution in [2.45, 2.75) is 49.8 Å². The number of benzene rings is 2. The van der Waals surface area contributed by atoms with Gasteiger partial charge in [-0.3, -0.25) is 10.1 Å². The van der Waals surface area contributed by atoms with Crippen LogP contribution in [0.15, 0.2) is 46.0 Å². The highest BCUT2D eigenvalue weighted by Gasteiger charge is 2.55. The largest absolute Gasteiger partial charge is 0.466 e. The number of rotatable bonds is 2. The summed E-state index contributed by atoms with van der Waals surface area (Å²) in [6.07, 6.45) is 0.203. The minimum atomic E-state index is -2.72. The summed E-state index contributed by atoms with van der Waals surface area (Å²) >= 11 is 3.45. The Hall–Kier alpha value is -2.75. The Bertz CT molecular complexity index is 1110. The third-order valence-electron chi connectivity index (χ3n) is 6.29. The Morgan fingerprint density at radius 2 is 1.94 bits per heavy atom. The van der Waals surface area contributed by atoms with Crippen molar-refractivity contribution < 1.29 is 18.4 Å². The van der Waals surface area contributed by atoms with Crippen LogP contribution in [0.25, 0.3) is 0 Å². The quantitative estimate of drug-likeness (QED) is 0.344. The zero-order chi connectivity index (χ0) is 22.0. The van der Waals surface area contributed by atoms with Crippen molar-refractivity contribution in [3.63, 3.8) is 0 Å². The van der Waals surface area contributed by atoms with Crippen molar-refractivity contribution in [2.75, 3.05) is 5.73 Å². The van der Waals surface area contributed by atoms with E-state index >= 15 is 0 Å². The van der Waals surface area contributed by atoms with Crippen molar-refractivity contribution in [1.82, 2.24) is 5.01 Å². The molecule has 2 aromatic carbocycles. The van der Waals surface area contributed by atoms with Crippen molar-refractivity contribution in [3.05, 3.63) is 62.1 Å². The Kier molecular flexibility index (Phi) is 4.47. The van der Waals surface area contributed by atoms with Crippen LogP contribution in [0.5, 0.6) is 5.75 Å². The van der Waals surface area contributed by atoms with E-state index in [0.29, 0.717) is 23.4 Å². The molecule has 7 nitrogen and oxygen atoms in total. The molecule has 10 heteroatoms. The molecule has 0 amide bonds. The summed E-state index contributed by atoms with van der Waals surface area (Å²) in [4.78, 5) is 10.8. The highest BCUT2D eigenvalue weighted by atomic mass is 79.9. The predicted molar refractivity (Wildman–Crippen MR) is 114 cm³/mol. The molecular weight excluding hydrogens is 474 g/mol. The maximum absolute atomic E-state index is 14.0. The first-order chi connectivity index (χ1) is 14.7. The summed E-state index contributed by atoms with van der Waals surface area (Å²) < 4.78 is 35.1. The molecule has 2 heterocycles. The van der Waals surface area contributed by atoms with Gasteiger partial charge in [-0.2, -0.15) is 5.10 Å². The molecule has 3 aliphatic rings. The van der Waals surface area contributed by atoms with Gasteiger partial charge < -0.3 is 10.5 Å². The number of hydrogen-bond acceptors (Lipinski definition) is 6. The van der Waals surface area contributed by atoms with Gasteiger partial charge in [-0.05, 0) is 18.2 Å². The van der Waals surface area contributed by atoms with Gasteiger partial charge in [0, 0.05) is 53.8 Å². The molecule has 2 aliphatic heterocycles. The molecule has 1 aliphatic carbocycles. The molecule has 31 heavy (non-hydrogen) atoms. The lowest BCUT2D eigenvalue weighted by molar-refractivity contribution is -0.383. The van der Waals surface area contributed by atoms with Crippen LogP contribution in [-0.2, 0) is 0 Å². The molecule has 5 rings (SSSR count). The van der Waals surface area contributed by atoms with E-state index in [9.17, 15) is 18.9 Å². The van der Waals surface area contributed by atoms with Gasteiger partial charge in [-0.25, -0.2) is 13.8 Å². The van der Waals surface area contributed by atoms with Gasteiger partial charge >= 0.3 is 0 Å². The molecule has 1 spiro atoms. The van der Waals surface area contributed by atoms with Gasteiger partial charge in [0.15, 0.2) is 5.72 Å². The SMILES string of the molecule is Nc1ccc(C2=NN3C(C2)c2ccc(Br)cc2OC32CCC(F)(F)CC2)cc1[N+](=O)[O-]. The lowest BCUT2D eigenvalue weighted by atomic mass is 9.85. The molecule has 2 N–H and O–H groups in total. The van der Waals surface area contributed by atoms with Crippen LogP contribution < -0.4 is 10.5 Å². The Morgan fingerprint density at radius 1 is 1.19 bits per heavy atom. The number of nitro benzene ring substituents is 1. The van der Waals surface area contributed by atoms with E-state index in [4.69, 9.17) is 15.6 Å². The van der Waals surface area contributed by atoms with E-state index in [2.05, 4.69) is 15.9 Å². The molecule has 1 saturated carbocycles. The normalized spacial score (nSPS) is 23.0. The Morgan fingerprint density at radius 3 is 2.65 bits per heavy atom. The predicted octanol–water partition coefficient (Wildman–Crippen LogP) is 5.39. The molecule has 0 bridgehead atoms. The van der Waals surface area contributed by atoms with Crippen LogP contribution >= 0.6 is 15.9 Å². The lowest BCUT2D eigenvalue weighted by Crippen LogP contribution is -2.56. The summed E-state index contributed by atoms with van der Waals surface area (Å²) in [5, 5.41) is 17.9. The number of alkyl halides is 2. The average Bonchev–Trinajstić information content (AvgIpc) is 3.17. The number of ether oxygens (including phenoxy) is 1. The van der Waals surface area contributed by atoms with E-state index in [-0.39, 0.29) is 43.1 Å². The lowest BCUT2D eigenvalue weighted by Gasteiger charge is -2.50. The first-order valence-corrected chi connectivity index (χ1v) is 10.7. The number of hydrogen-bond donors (Lipinski definition) is 1. The number of anilines is 1. The van der Waals surface area contributed by atoms with E-state index < -0.39 is 16.6 Å². The van der Waals surface area contributed by atoms with Crippen LogP contribution in [0.4, 0.5) is 20.2 Å². The molecular formula is C21H19BrF2N4O3. The first-order valence-electron chi connectivity index (χ1n) is 9.95. The number of halogens is 3. The summed E-state index contributed by atoms with van der Waals surface area (Å²) in [7, 11) is 0. The zero-order valence-electron chi connectivity index (χ0n) is 16.4. The van der Waals surface area contributed by atoms with Crippen LogP contribution in [-0.4, -0.2) is 27.3 Å². The van der Waals surface area contributed by atoms with Gasteiger partial charge in [0.25, 0.3) is 5.69 Å². The summed E-state index contributed by atoms with van der Waals surface area (Å²) in [6.45, 7) is 0. The van der Waals surface area contributed by atoms with Gasteiger partial charge in [-0.15, -0.1) is 0 Å². The molecule has 0 aromatic heterocycles. The fourth-order valence-electron chi connectivity index (χ4n) is 4.64. The van der Waals surface area contributed by atoms with E-state index in [1.807, 2.05) is 18.2 Å². The van der Waals surface area contributed by atoms with Gasteiger partial charge in [0.2, 0.25) is 5.92 Å². The Balaban J connectivity index is 1.58. The van der Waals surface area contributed by atoms with Gasteiger partial charge in [-0.1, -0.05) is 28.1 Å². The third kappa shape index (κ3) is 3.33. The molecule has 1 unspecified atom stereocenters. The number of nitrogens with zero attached hydrogens (tertiary/aromatic N) is 3. The summed E-state index contributed by atoms with van der Waals surface area (Å²) in [6, 6.07) is 10.1. The van der Waals surface area contributed by atoms with E-state index in [1.54, 1.807) is 11.1 Å². The fraction of sp³-hybridized carbons (Fsp3) is 0.381. The minimum absolute atomic E-state index is 0.0783. The number of fused-ring (bicyclic) bond motifs is 4. The van der Waals surface area contributed by atoms with E-state index in [1.165, 1.54) is 12.1 Å². The monoisotopic (exact) mass is 492 g/mol. The van der Waals surface area contributed by atoms with E-state index in [0.717, 1.165) is 10.0 Å². The standard InChI is InChI=1S/C21H19BrF2N4O3/c22-13-2-3-14-17-11-16(12-1-4-15(25)18(9-12)28(29)30)26-27(17)21(31-19(14)10-13)7-5-20(23,24)6-8-21/h1-4,9-10,17H,5-8,11,25H2. The highest BCUT2D eigenvalue weighted by molar-refractivity contribution is 9.10. The van der Waals surface area contributed by atoms with Crippen LogP contribution in [0.1, 0.15) is 49.3 Å². The van der Waals surface area contributed by atoms with Crippen LogP contribution in [0.2, 0.25) is 0 Å². The smallest absolute Gasteiger partial charge is 0.292 e. The third-order valence-corrected chi connectivity index (χ3v) is 6.78. The average molecular weight is 493 g/mol. The number of nitrogens with two attached hydrogens (primary N) is 1. The minimum Gasteiger partial charge on any atom is -0.466 e. The molecule has 1 fully saturated rings. The first kappa shape index (κ1) is 20.2. The molecule has 0 saturated heterocycles. The maximum atomic E-state index is 14.0. The number of hydrazone groups is 1. The Labute approximate surface area is 185 Å². The molecule has 1 atom stereocenters. The zero-order valence-corrected chi connectivity index (χ0v) is 17.9. The van der Waals surface area contributed by atoms with Crippen molar-refractivity contribution in [2.24, 2.45) is 5.10 Å². The van der Waals surface area contributed by atoms with Crippen LogP contribution in [0.3, 0.4) is 0 Å². The van der Waals surface area contributed by atoms with Crippen molar-refractivity contribution in [1.29, 1.82) is 0 Å². The highest BCUT2D eigenvalue weighted by Crippen LogP contribution is 2.53. The van der Waals surface area contributed by atoms with Crippen molar-refractivity contribution in [3.8, 4) is 5.75 Å².